The molecule has 0 aliphatic carbocycles. The van der Waals surface area contributed by atoms with Gasteiger partial charge < -0.3 is 14.8 Å². The molecule has 0 spiro atoms. The van der Waals surface area contributed by atoms with E-state index in [4.69, 9.17) is 9.47 Å². The van der Waals surface area contributed by atoms with Crippen LogP contribution in [0.15, 0.2) is 34.5 Å². The van der Waals surface area contributed by atoms with E-state index in [-0.39, 0.29) is 9.77 Å². The van der Waals surface area contributed by atoms with Gasteiger partial charge in [0.05, 0.1) is 12.8 Å². The van der Waals surface area contributed by atoms with E-state index >= 15 is 0 Å². The summed E-state index contributed by atoms with van der Waals surface area (Å²) in [6.07, 6.45) is 0.950. The van der Waals surface area contributed by atoms with Crippen LogP contribution in [0.5, 0.6) is 5.75 Å². The Labute approximate surface area is 191 Å². The Morgan fingerprint density at radius 3 is 2.41 bits per heavy atom. The van der Waals surface area contributed by atoms with Crippen LogP contribution < -0.4 is 15.4 Å². The van der Waals surface area contributed by atoms with Crippen molar-refractivity contribution in [2.24, 2.45) is 0 Å². The lowest BCUT2D eigenvalue weighted by molar-refractivity contribution is 0.0635. The number of benzene rings is 1. The first-order chi connectivity index (χ1) is 15.0. The van der Waals surface area contributed by atoms with Crippen molar-refractivity contribution in [3.63, 3.8) is 0 Å². The quantitative estimate of drug-likeness (QED) is 0.641. The molecule has 2 amide bonds. The van der Waals surface area contributed by atoms with Crippen molar-refractivity contribution in [3.8, 4) is 5.75 Å². The van der Waals surface area contributed by atoms with E-state index in [9.17, 15) is 18.0 Å². The van der Waals surface area contributed by atoms with Gasteiger partial charge in [-0.15, -0.1) is 11.3 Å². The molecular weight excluding hydrogens is 454 g/mol. The summed E-state index contributed by atoms with van der Waals surface area (Å²) >= 11 is 1.06. The summed E-state index contributed by atoms with van der Waals surface area (Å²) in [4.78, 5) is 25.2. The Hall–Kier alpha value is -2.63. The number of sulfonamides is 1. The Bertz CT molecular complexity index is 1100. The van der Waals surface area contributed by atoms with Crippen LogP contribution in [-0.2, 0) is 14.8 Å². The standard InChI is InChI=1S/C21H27N3O6S2/c1-21(2,3)30-20(26)23-15-13-14(7-8-16(15)29-4)22-19(25)18-17(9-12-31-18)32(27,28)24-10-5-6-11-24/h7-9,12-13H,5-6,10-11H2,1-4H3,(H,22,25)(H,23,26). The van der Waals surface area contributed by atoms with Gasteiger partial charge in [0.1, 0.15) is 21.1 Å². The highest BCUT2D eigenvalue weighted by Crippen LogP contribution is 2.31. The lowest BCUT2D eigenvalue weighted by Gasteiger charge is -2.20. The zero-order valence-electron chi connectivity index (χ0n) is 18.4. The summed E-state index contributed by atoms with van der Waals surface area (Å²) in [6, 6.07) is 6.15. The third kappa shape index (κ3) is 5.59. The number of carbonyl (C=O) groups is 2. The number of nitrogens with one attached hydrogen (secondary N) is 2. The molecule has 1 aromatic carbocycles. The predicted molar refractivity (Wildman–Crippen MR) is 123 cm³/mol. The second kappa shape index (κ2) is 9.47. The minimum Gasteiger partial charge on any atom is -0.495 e. The summed E-state index contributed by atoms with van der Waals surface area (Å²) < 4.78 is 37.8. The van der Waals surface area contributed by atoms with Gasteiger partial charge in [-0.3, -0.25) is 10.1 Å². The number of carbonyl (C=O) groups excluding carboxylic acids is 2. The summed E-state index contributed by atoms with van der Waals surface area (Å²) in [6.45, 7) is 6.15. The van der Waals surface area contributed by atoms with E-state index in [1.54, 1.807) is 38.3 Å². The SMILES string of the molecule is COc1ccc(NC(=O)c2sccc2S(=O)(=O)N2CCCC2)cc1NC(=O)OC(C)(C)C. The number of hydrogen-bond acceptors (Lipinski definition) is 7. The maximum Gasteiger partial charge on any atom is 0.412 e. The van der Waals surface area contributed by atoms with Gasteiger partial charge in [0.25, 0.3) is 5.91 Å². The number of ether oxygens (including phenoxy) is 2. The molecule has 2 N–H and O–H groups in total. The molecule has 9 nitrogen and oxygen atoms in total. The zero-order chi connectivity index (χ0) is 23.5. The van der Waals surface area contributed by atoms with E-state index < -0.39 is 27.6 Å². The van der Waals surface area contributed by atoms with E-state index in [0.717, 1.165) is 24.2 Å². The van der Waals surface area contributed by atoms with Crippen molar-refractivity contribution in [3.05, 3.63) is 34.5 Å². The molecule has 0 bridgehead atoms. The van der Waals surface area contributed by atoms with Gasteiger partial charge in [-0.05, 0) is 63.3 Å². The predicted octanol–water partition coefficient (Wildman–Crippen LogP) is 4.14. The highest BCUT2D eigenvalue weighted by atomic mass is 32.2. The van der Waals surface area contributed by atoms with Crippen molar-refractivity contribution >= 4 is 44.7 Å². The summed E-state index contributed by atoms with van der Waals surface area (Å²) in [5.41, 5.74) is -0.0186. The minimum absolute atomic E-state index is 0.00233. The Kier molecular flexibility index (Phi) is 7.11. The summed E-state index contributed by atoms with van der Waals surface area (Å²) in [7, 11) is -2.27. The molecule has 0 unspecified atom stereocenters. The third-order valence-electron chi connectivity index (χ3n) is 4.61. The van der Waals surface area contributed by atoms with E-state index in [1.165, 1.54) is 23.5 Å². The summed E-state index contributed by atoms with van der Waals surface area (Å²) in [5.74, 6) is -0.173. The molecule has 174 valence electrons. The molecule has 0 saturated carbocycles. The highest BCUT2D eigenvalue weighted by Gasteiger charge is 2.32. The molecule has 3 rings (SSSR count). The van der Waals surface area contributed by atoms with E-state index in [2.05, 4.69) is 10.6 Å². The molecule has 2 heterocycles. The normalized spacial score (nSPS) is 14.8. The maximum atomic E-state index is 12.9. The largest absolute Gasteiger partial charge is 0.495 e. The Balaban J connectivity index is 1.80. The van der Waals surface area contributed by atoms with Crippen LogP contribution in [0.3, 0.4) is 0 Å². The lowest BCUT2D eigenvalue weighted by Crippen LogP contribution is -2.29. The molecule has 1 aromatic heterocycles. The lowest BCUT2D eigenvalue weighted by atomic mass is 10.2. The van der Waals surface area contributed by atoms with E-state index in [0.29, 0.717) is 30.2 Å². The van der Waals surface area contributed by atoms with Crippen LogP contribution in [0.1, 0.15) is 43.3 Å². The number of rotatable bonds is 6. The number of nitrogens with zero attached hydrogens (tertiary/aromatic N) is 1. The first-order valence-corrected chi connectivity index (χ1v) is 12.4. The highest BCUT2D eigenvalue weighted by molar-refractivity contribution is 7.89. The second-order valence-corrected chi connectivity index (χ2v) is 11.0. The van der Waals surface area contributed by atoms with Gasteiger partial charge >= 0.3 is 6.09 Å². The molecule has 1 saturated heterocycles. The van der Waals surface area contributed by atoms with Crippen LogP contribution in [0.2, 0.25) is 0 Å². The molecule has 32 heavy (non-hydrogen) atoms. The number of thiophene rings is 1. The average molecular weight is 482 g/mol. The maximum absolute atomic E-state index is 12.9. The molecule has 1 aliphatic heterocycles. The van der Waals surface area contributed by atoms with Crippen LogP contribution in [-0.4, -0.2) is 50.5 Å². The number of anilines is 2. The first kappa shape index (κ1) is 24.0. The molecular formula is C21H27N3O6S2. The smallest absolute Gasteiger partial charge is 0.412 e. The topological polar surface area (TPSA) is 114 Å². The van der Waals surface area contributed by atoms with Crippen molar-refractivity contribution in [2.75, 3.05) is 30.8 Å². The summed E-state index contributed by atoms with van der Waals surface area (Å²) in [5, 5.41) is 6.89. The zero-order valence-corrected chi connectivity index (χ0v) is 20.1. The van der Waals surface area contributed by atoms with Crippen LogP contribution in [0.4, 0.5) is 16.2 Å². The van der Waals surface area contributed by atoms with Crippen molar-refractivity contribution < 1.29 is 27.5 Å². The number of amides is 2. The molecule has 0 radical (unpaired) electrons. The van der Waals surface area contributed by atoms with E-state index in [1.807, 2.05) is 0 Å². The first-order valence-electron chi connectivity index (χ1n) is 10.1. The molecule has 11 heteroatoms. The van der Waals surface area contributed by atoms with Gasteiger partial charge in [-0.2, -0.15) is 4.31 Å². The van der Waals surface area contributed by atoms with Gasteiger partial charge in [-0.25, -0.2) is 13.2 Å². The average Bonchev–Trinajstić information content (AvgIpc) is 3.39. The Morgan fingerprint density at radius 2 is 1.78 bits per heavy atom. The van der Waals surface area contributed by atoms with Crippen molar-refractivity contribution in [2.45, 2.75) is 44.1 Å². The fourth-order valence-electron chi connectivity index (χ4n) is 3.22. The fraction of sp³-hybridized carbons (Fsp3) is 0.429. The van der Waals surface area contributed by atoms with Gasteiger partial charge in [0.15, 0.2) is 0 Å². The number of hydrogen-bond donors (Lipinski definition) is 2. The monoisotopic (exact) mass is 481 g/mol. The van der Waals surface area contributed by atoms with Gasteiger partial charge in [0, 0.05) is 18.8 Å². The van der Waals surface area contributed by atoms with Crippen molar-refractivity contribution in [1.82, 2.24) is 4.31 Å². The van der Waals surface area contributed by atoms with Crippen LogP contribution >= 0.6 is 11.3 Å². The van der Waals surface area contributed by atoms with Gasteiger partial charge in [-0.1, -0.05) is 0 Å². The number of methoxy groups -OCH3 is 1. The Morgan fingerprint density at radius 1 is 1.09 bits per heavy atom. The minimum atomic E-state index is -3.73. The van der Waals surface area contributed by atoms with Gasteiger partial charge in [0.2, 0.25) is 10.0 Å². The molecule has 2 aromatic rings. The fourth-order valence-corrected chi connectivity index (χ4v) is 6.03. The van der Waals surface area contributed by atoms with Crippen LogP contribution in [0.25, 0.3) is 0 Å². The second-order valence-electron chi connectivity index (χ2n) is 8.22. The third-order valence-corrected chi connectivity index (χ3v) is 7.59. The molecule has 0 atom stereocenters. The molecule has 1 fully saturated rings. The van der Waals surface area contributed by atoms with Crippen LogP contribution in [0, 0.1) is 0 Å². The van der Waals surface area contributed by atoms with Crippen molar-refractivity contribution in [1.29, 1.82) is 0 Å². The molecule has 1 aliphatic rings.